The molecule has 15 atom stereocenters. The largest absolute Gasteiger partial charge is 0.756 e. The SMILES string of the molecule is COCC[C@H]1[C@@H](O)[C@H]([n+]2cn(C)c3c(=O)[nH]c(N)nc32)O[C@@H]1COP(=O)([O-])OP(=O)(O)OP(=O)(O)OC[C@H]1O[C@@H](n2cnc3c(N)ncnc32)[C@H](OC)[C@@H]1SCOC[C@H]1O[C@@H](n2ccc(=O)[nH]c2=O)[C@H](O)[C@@H]1O. The number of aromatic amines is 2. The molecule has 0 aromatic carbocycles. The summed E-state index contributed by atoms with van der Waals surface area (Å²) in [5, 5.41) is 31.8. The standard InChI is InChI=1S/C35H49N12O22P3S/c1-44-13-47(29-21(44)30(52)43-34(37)42-29)31-22(49)15(5-7-60-2)16(65-31)9-63-70(54,55)68-72(58,59)69-71(56,57)64-10-18-26(25(61-3)33(67-18)46-12-40-20-27(36)38-11-39-28(20)46)73-14-62-8-17-23(50)24(51)32(66-17)45-6-4-19(48)41-35(45)53/h4,6,11-13,15-18,22-26,31-33,49-51H,5,7-10,14H2,1-3H3,(H8-,36,37,38,39,41,42,43,48,52,53,54,55,56,57,58,59)/t15-,16-,17-,18-,22-,23-,24-,25-,26-,31-,32-,33-/m1/s1. The van der Waals surface area contributed by atoms with E-state index in [0.717, 1.165) is 34.9 Å². The van der Waals surface area contributed by atoms with Gasteiger partial charge in [-0.15, -0.1) is 11.8 Å². The monoisotopic (exact) mass is 1110 g/mol. The van der Waals surface area contributed by atoms with Gasteiger partial charge in [0.05, 0.1) is 56.6 Å². The number of anilines is 2. The van der Waals surface area contributed by atoms with Gasteiger partial charge in [-0.25, -0.2) is 37.8 Å². The van der Waals surface area contributed by atoms with Crippen LogP contribution in [0.5, 0.6) is 0 Å². The van der Waals surface area contributed by atoms with E-state index in [1.807, 2.05) is 4.98 Å². The molecule has 0 spiro atoms. The number of nitrogen functional groups attached to an aromatic ring is 2. The van der Waals surface area contributed by atoms with E-state index in [0.29, 0.717) is 0 Å². The highest BCUT2D eigenvalue weighted by Crippen LogP contribution is 2.67. The molecule has 0 amide bonds. The number of phosphoric ester groups is 2. The number of phosphoric acid groups is 3. The van der Waals surface area contributed by atoms with E-state index in [2.05, 4.69) is 33.5 Å². The molecule has 8 rings (SSSR count). The van der Waals surface area contributed by atoms with Crippen LogP contribution in [-0.4, -0.2) is 163 Å². The number of aromatic nitrogens is 10. The summed E-state index contributed by atoms with van der Waals surface area (Å²) < 4.78 is 97.3. The van der Waals surface area contributed by atoms with E-state index in [9.17, 15) is 58.1 Å². The Hall–Kier alpha value is -4.42. The van der Waals surface area contributed by atoms with Crippen LogP contribution < -0.4 is 37.7 Å². The maximum absolute atomic E-state index is 13.2. The number of aliphatic hydroxyl groups excluding tert-OH is 3. The van der Waals surface area contributed by atoms with Crippen molar-refractivity contribution >= 4 is 69.3 Å². The van der Waals surface area contributed by atoms with Crippen molar-refractivity contribution in [3.05, 3.63) is 62.4 Å². The van der Waals surface area contributed by atoms with Crippen LogP contribution in [0.15, 0.2) is 45.6 Å². The minimum Gasteiger partial charge on any atom is -0.756 e. The van der Waals surface area contributed by atoms with Crippen LogP contribution in [-0.2, 0) is 66.8 Å². The number of imidazole rings is 2. The first-order valence-corrected chi connectivity index (χ1v) is 26.9. The number of rotatable bonds is 22. The Bertz CT molecular complexity index is 3120. The Morgan fingerprint density at radius 2 is 1.63 bits per heavy atom. The van der Waals surface area contributed by atoms with Crippen molar-refractivity contribution in [2.24, 2.45) is 13.0 Å². The number of methoxy groups -OCH3 is 2. The van der Waals surface area contributed by atoms with Crippen LogP contribution in [0.25, 0.3) is 22.3 Å². The number of aryl methyl sites for hydroxylation is 1. The van der Waals surface area contributed by atoms with Gasteiger partial charge in [0.25, 0.3) is 24.9 Å². The molecule has 0 saturated carbocycles. The Kier molecular flexibility index (Phi) is 16.6. The summed E-state index contributed by atoms with van der Waals surface area (Å²) in [5.74, 6) is -1.39. The lowest BCUT2D eigenvalue weighted by atomic mass is 9.95. The summed E-state index contributed by atoms with van der Waals surface area (Å²) in [6, 6.07) is 1.02. The summed E-state index contributed by atoms with van der Waals surface area (Å²) in [6.07, 6.45) is -8.10. The van der Waals surface area contributed by atoms with Gasteiger partial charge in [0, 0.05) is 39.0 Å². The van der Waals surface area contributed by atoms with E-state index < -0.39 is 126 Å². The van der Waals surface area contributed by atoms with Gasteiger partial charge in [-0.2, -0.15) is 4.31 Å². The maximum atomic E-state index is 13.2. The Morgan fingerprint density at radius 1 is 0.890 bits per heavy atom. The predicted octanol–water partition coefficient (Wildman–Crippen LogP) is -3.64. The molecule has 5 aromatic rings. The van der Waals surface area contributed by atoms with E-state index in [4.69, 9.17) is 48.9 Å². The molecule has 73 heavy (non-hydrogen) atoms. The second-order valence-electron chi connectivity index (χ2n) is 16.4. The number of H-pyrrole nitrogens is 2. The number of thioether (sulfide) groups is 1. The predicted molar refractivity (Wildman–Crippen MR) is 241 cm³/mol. The zero-order valence-corrected chi connectivity index (χ0v) is 41.7. The second kappa shape index (κ2) is 22.0. The number of fused-ring (bicyclic) bond motifs is 2. The fourth-order valence-electron chi connectivity index (χ4n) is 8.49. The minimum atomic E-state index is -6.11. The van der Waals surface area contributed by atoms with Crippen LogP contribution in [0.3, 0.4) is 0 Å². The lowest BCUT2D eigenvalue weighted by molar-refractivity contribution is -0.745. The average Bonchev–Trinajstić information content (AvgIpc) is 4.11. The number of hydrogen-bond acceptors (Lipinski definition) is 27. The summed E-state index contributed by atoms with van der Waals surface area (Å²) in [4.78, 5) is 91.5. The molecule has 38 heteroatoms. The molecule has 34 nitrogen and oxygen atoms in total. The number of ether oxygens (including phenoxy) is 6. The van der Waals surface area contributed by atoms with Crippen LogP contribution in [0, 0.1) is 5.92 Å². The molecule has 3 aliphatic rings. The number of nitrogens with two attached hydrogens (primary N) is 2. The first kappa shape index (κ1) is 54.8. The van der Waals surface area contributed by atoms with Crippen molar-refractivity contribution in [2.45, 2.75) is 73.1 Å². The van der Waals surface area contributed by atoms with Gasteiger partial charge in [0.2, 0.25) is 11.7 Å². The molecule has 5 aromatic heterocycles. The highest BCUT2D eigenvalue weighted by molar-refractivity contribution is 7.99. The molecule has 402 valence electrons. The summed E-state index contributed by atoms with van der Waals surface area (Å²) in [7, 11) is -13.6. The van der Waals surface area contributed by atoms with Crippen LogP contribution in [0.2, 0.25) is 0 Å². The molecular weight excluding hydrogens is 1070 g/mol. The summed E-state index contributed by atoms with van der Waals surface area (Å²) in [5.41, 5.74) is 9.98. The van der Waals surface area contributed by atoms with Gasteiger partial charge < -0.3 is 74.4 Å². The Labute approximate surface area is 412 Å². The molecule has 3 aliphatic heterocycles. The van der Waals surface area contributed by atoms with E-state index >= 15 is 0 Å². The van der Waals surface area contributed by atoms with Crippen molar-refractivity contribution in [1.29, 1.82) is 0 Å². The van der Waals surface area contributed by atoms with Gasteiger partial charge in [0.1, 0.15) is 42.4 Å². The highest BCUT2D eigenvalue weighted by Gasteiger charge is 2.51. The molecule has 3 unspecified atom stereocenters. The fourth-order valence-corrected chi connectivity index (χ4v) is 13.1. The minimum absolute atomic E-state index is 0.00978. The number of aliphatic hydroxyl groups is 3. The average molecular weight is 1110 g/mol. The van der Waals surface area contributed by atoms with Crippen LogP contribution in [0.1, 0.15) is 25.1 Å². The lowest BCUT2D eigenvalue weighted by Gasteiger charge is -2.27. The highest BCUT2D eigenvalue weighted by atomic mass is 32.2. The lowest BCUT2D eigenvalue weighted by Crippen LogP contribution is -2.45. The molecule has 8 heterocycles. The molecule has 0 bridgehead atoms. The molecule has 3 fully saturated rings. The number of nitrogens with one attached hydrogen (secondary N) is 2. The summed E-state index contributed by atoms with van der Waals surface area (Å²) >= 11 is 0.983. The maximum Gasteiger partial charge on any atom is 0.487 e. The van der Waals surface area contributed by atoms with Gasteiger partial charge in [-0.1, -0.05) is 4.98 Å². The van der Waals surface area contributed by atoms with Crippen molar-refractivity contribution in [3.8, 4) is 0 Å². The third-order valence-corrected chi connectivity index (χ3v) is 17.2. The normalized spacial score (nSPS) is 30.0. The van der Waals surface area contributed by atoms with Gasteiger partial charge >= 0.3 is 27.0 Å². The van der Waals surface area contributed by atoms with Gasteiger partial charge in [0.15, 0.2) is 30.2 Å². The Morgan fingerprint density at radius 3 is 2.36 bits per heavy atom. The first-order valence-electron chi connectivity index (χ1n) is 21.4. The molecule has 11 N–H and O–H groups in total. The molecule has 3 saturated heterocycles. The first-order chi connectivity index (χ1) is 34.5. The molecular formula is C35H49N12O22P3S. The Balaban J connectivity index is 0.914. The third-order valence-electron chi connectivity index (χ3n) is 11.8. The fraction of sp³-hybridized carbons (Fsp3) is 0.600. The van der Waals surface area contributed by atoms with Crippen LogP contribution in [0.4, 0.5) is 11.8 Å². The zero-order valence-electron chi connectivity index (χ0n) is 38.2. The third kappa shape index (κ3) is 11.9. The second-order valence-corrected chi connectivity index (χ2v) is 22.1. The number of hydrogen-bond donors (Lipinski definition) is 9. The smallest absolute Gasteiger partial charge is 0.487 e. The van der Waals surface area contributed by atoms with Crippen molar-refractivity contribution in [1.82, 2.24) is 43.6 Å². The summed E-state index contributed by atoms with van der Waals surface area (Å²) in [6.45, 7) is -2.17. The van der Waals surface area contributed by atoms with E-state index in [1.54, 1.807) is 0 Å². The van der Waals surface area contributed by atoms with Crippen LogP contribution >= 0.6 is 35.2 Å². The number of nitrogens with zero attached hydrogens (tertiary/aromatic N) is 8. The zero-order chi connectivity index (χ0) is 52.7. The van der Waals surface area contributed by atoms with Crippen molar-refractivity contribution in [3.63, 3.8) is 0 Å². The molecule has 0 radical (unpaired) electrons. The topological polar surface area (TPSA) is 473 Å². The van der Waals surface area contributed by atoms with Crippen molar-refractivity contribution < 1.29 is 94.4 Å². The van der Waals surface area contributed by atoms with Gasteiger partial charge in [-0.05, 0) is 6.42 Å². The molecule has 0 aliphatic carbocycles. The van der Waals surface area contributed by atoms with Crippen molar-refractivity contribution in [2.75, 3.05) is 58.1 Å². The van der Waals surface area contributed by atoms with Gasteiger partial charge in [-0.3, -0.25) is 42.3 Å². The quantitative estimate of drug-likeness (QED) is 0.0140. The van der Waals surface area contributed by atoms with E-state index in [1.165, 1.54) is 47.6 Å². The van der Waals surface area contributed by atoms with E-state index in [-0.39, 0.29) is 59.7 Å².